The Labute approximate surface area is 203 Å². The zero-order chi connectivity index (χ0) is 24.9. The van der Waals surface area contributed by atoms with Crippen molar-refractivity contribution in [2.75, 3.05) is 20.1 Å². The number of carbonyl (C=O) groups excluding carboxylic acids is 2. The number of furan rings is 1. The molecule has 8 nitrogen and oxygen atoms in total. The maximum Gasteiger partial charge on any atom is 0.255 e. The molecule has 35 heavy (non-hydrogen) atoms. The van der Waals surface area contributed by atoms with Gasteiger partial charge in [-0.05, 0) is 55.7 Å². The van der Waals surface area contributed by atoms with Crippen LogP contribution in [0.4, 0.5) is 0 Å². The number of nitrogens with zero attached hydrogens (tertiary/aromatic N) is 1. The van der Waals surface area contributed by atoms with E-state index in [0.29, 0.717) is 51.0 Å². The molecule has 0 bridgehead atoms. The van der Waals surface area contributed by atoms with Crippen LogP contribution in [-0.4, -0.2) is 48.1 Å². The Kier molecular flexibility index (Phi) is 5.54. The lowest BCUT2D eigenvalue weighted by atomic mass is 9.64. The minimum atomic E-state index is -0.210. The molecule has 0 radical (unpaired) electrons. The van der Waals surface area contributed by atoms with Crippen LogP contribution in [0.15, 0.2) is 34.9 Å². The third-order valence-electron chi connectivity index (χ3n) is 7.70. The zero-order valence-electron chi connectivity index (χ0n) is 20.5. The molecule has 1 aromatic carbocycles. The summed E-state index contributed by atoms with van der Waals surface area (Å²) in [5, 5.41) is 10.9. The summed E-state index contributed by atoms with van der Waals surface area (Å²) in [7, 11) is 1.58. The number of hydrogen-bond acceptors (Lipinski definition) is 5. The maximum absolute atomic E-state index is 13.3. The molecular formula is C27H30N4O4. The highest BCUT2D eigenvalue weighted by atomic mass is 16.5. The van der Waals surface area contributed by atoms with Crippen LogP contribution in [-0.2, 0) is 0 Å². The highest BCUT2D eigenvalue weighted by molar-refractivity contribution is 6.07. The van der Waals surface area contributed by atoms with Crippen molar-refractivity contribution in [3.8, 4) is 5.75 Å². The van der Waals surface area contributed by atoms with Gasteiger partial charge < -0.3 is 29.8 Å². The fourth-order valence-corrected chi connectivity index (χ4v) is 5.47. The van der Waals surface area contributed by atoms with E-state index in [1.54, 1.807) is 38.4 Å². The lowest BCUT2D eigenvalue weighted by molar-refractivity contribution is 0.0767. The van der Waals surface area contributed by atoms with E-state index in [0.717, 1.165) is 24.9 Å². The Morgan fingerprint density at radius 3 is 2.77 bits per heavy atom. The minimum absolute atomic E-state index is 0.0315. The molecule has 2 amide bonds. The normalized spacial score (nSPS) is 21.5. The molecule has 3 heterocycles. The quantitative estimate of drug-likeness (QED) is 0.356. The van der Waals surface area contributed by atoms with Gasteiger partial charge in [-0.3, -0.25) is 9.59 Å². The standard InChI is InChI=1S/C27H30N4O4/c1-15-20(26(33)31-13-17-7-9-27(17,3)14-31)12-30-24(15)21(8-10-28)35-18-5-6-19-22(11-18)34-16(2)23(19)25(32)29-4/h5-6,8,10-12,17,28,30H,7,9,13-14H2,1-4H3,(H,29,32)/b21-8+,28-10?/t17-,27+/m0/s1. The number of likely N-dealkylation sites (tertiary alicyclic amines) is 1. The molecule has 182 valence electrons. The molecule has 1 aliphatic heterocycles. The highest BCUT2D eigenvalue weighted by Gasteiger charge is 2.50. The fraction of sp³-hybridized carbons (Fsp3) is 0.370. The van der Waals surface area contributed by atoms with E-state index in [1.807, 2.05) is 11.8 Å². The van der Waals surface area contributed by atoms with Gasteiger partial charge in [-0.2, -0.15) is 0 Å². The number of fused-ring (bicyclic) bond motifs is 2. The predicted molar refractivity (Wildman–Crippen MR) is 134 cm³/mol. The van der Waals surface area contributed by atoms with Gasteiger partial charge in [0.05, 0.1) is 16.8 Å². The van der Waals surface area contributed by atoms with Gasteiger partial charge in [-0.25, -0.2) is 0 Å². The van der Waals surface area contributed by atoms with Crippen molar-refractivity contribution in [2.24, 2.45) is 11.3 Å². The van der Waals surface area contributed by atoms with E-state index in [4.69, 9.17) is 14.6 Å². The van der Waals surface area contributed by atoms with Crippen LogP contribution in [0.3, 0.4) is 0 Å². The number of aromatic amines is 1. The molecule has 3 aromatic rings. The van der Waals surface area contributed by atoms with Crippen molar-refractivity contribution in [2.45, 2.75) is 33.6 Å². The summed E-state index contributed by atoms with van der Waals surface area (Å²) in [6.45, 7) is 7.53. The van der Waals surface area contributed by atoms with Gasteiger partial charge >= 0.3 is 0 Å². The van der Waals surface area contributed by atoms with E-state index < -0.39 is 0 Å². The summed E-state index contributed by atoms with van der Waals surface area (Å²) in [4.78, 5) is 30.7. The van der Waals surface area contributed by atoms with Gasteiger partial charge in [0.25, 0.3) is 11.8 Å². The molecule has 2 aliphatic rings. The third-order valence-corrected chi connectivity index (χ3v) is 7.70. The first-order chi connectivity index (χ1) is 16.8. The first kappa shape index (κ1) is 23.0. The average molecular weight is 475 g/mol. The smallest absolute Gasteiger partial charge is 0.255 e. The van der Waals surface area contributed by atoms with Crippen molar-refractivity contribution >= 4 is 34.8 Å². The number of benzene rings is 1. The number of ether oxygens (including phenoxy) is 1. The third kappa shape index (κ3) is 3.73. The summed E-state index contributed by atoms with van der Waals surface area (Å²) in [5.74, 6) is 1.86. The summed E-state index contributed by atoms with van der Waals surface area (Å²) in [6.07, 6.45) is 6.80. The van der Waals surface area contributed by atoms with Gasteiger partial charge in [0, 0.05) is 50.1 Å². The van der Waals surface area contributed by atoms with Crippen molar-refractivity contribution in [3.05, 3.63) is 58.6 Å². The SMILES string of the molecule is CNC(=O)c1c(C)oc2cc(O/C(=C/C=N)c3[nH]cc(C(=O)N4C[C@@H]5CC[C@]5(C)C4)c3C)ccc12. The van der Waals surface area contributed by atoms with Crippen LogP contribution in [0.1, 0.15) is 57.5 Å². The lowest BCUT2D eigenvalue weighted by Crippen LogP contribution is -2.36. The van der Waals surface area contributed by atoms with Crippen molar-refractivity contribution < 1.29 is 18.7 Å². The van der Waals surface area contributed by atoms with Crippen LogP contribution in [0.2, 0.25) is 0 Å². The van der Waals surface area contributed by atoms with Gasteiger partial charge in [0.15, 0.2) is 5.76 Å². The molecule has 2 atom stereocenters. The van der Waals surface area contributed by atoms with Gasteiger partial charge in [0.2, 0.25) is 0 Å². The number of amides is 2. The van der Waals surface area contributed by atoms with Gasteiger partial charge in [-0.15, -0.1) is 0 Å². The Morgan fingerprint density at radius 2 is 2.14 bits per heavy atom. The molecule has 1 saturated heterocycles. The average Bonchev–Trinajstić information content (AvgIpc) is 3.44. The summed E-state index contributed by atoms with van der Waals surface area (Å²) >= 11 is 0. The molecule has 2 fully saturated rings. The van der Waals surface area contributed by atoms with Crippen LogP contribution >= 0.6 is 0 Å². The highest BCUT2D eigenvalue weighted by Crippen LogP contribution is 2.51. The zero-order valence-corrected chi connectivity index (χ0v) is 20.5. The second-order valence-corrected chi connectivity index (χ2v) is 9.85. The number of H-pyrrole nitrogens is 1. The predicted octanol–water partition coefficient (Wildman–Crippen LogP) is 4.68. The molecule has 8 heteroatoms. The van der Waals surface area contributed by atoms with Crippen LogP contribution in [0.25, 0.3) is 16.7 Å². The molecule has 3 N–H and O–H groups in total. The minimum Gasteiger partial charge on any atom is -0.460 e. The van der Waals surface area contributed by atoms with Crippen molar-refractivity contribution in [3.63, 3.8) is 0 Å². The van der Waals surface area contributed by atoms with Crippen molar-refractivity contribution in [1.82, 2.24) is 15.2 Å². The van der Waals surface area contributed by atoms with E-state index in [-0.39, 0.29) is 17.2 Å². The van der Waals surface area contributed by atoms with Crippen molar-refractivity contribution in [1.29, 1.82) is 5.41 Å². The first-order valence-electron chi connectivity index (χ1n) is 11.9. The summed E-state index contributed by atoms with van der Waals surface area (Å²) in [5.41, 5.74) is 3.34. The Hall–Kier alpha value is -3.81. The largest absolute Gasteiger partial charge is 0.460 e. The number of aryl methyl sites for hydroxylation is 1. The van der Waals surface area contributed by atoms with Gasteiger partial charge in [0.1, 0.15) is 17.1 Å². The Balaban J connectivity index is 1.41. The molecule has 0 spiro atoms. The Morgan fingerprint density at radius 1 is 1.34 bits per heavy atom. The summed E-state index contributed by atoms with van der Waals surface area (Å²) in [6, 6.07) is 5.26. The number of carbonyl (C=O) groups is 2. The topological polar surface area (TPSA) is 111 Å². The first-order valence-corrected chi connectivity index (χ1v) is 11.9. The van der Waals surface area contributed by atoms with Crippen LogP contribution in [0, 0.1) is 30.6 Å². The van der Waals surface area contributed by atoms with E-state index >= 15 is 0 Å². The Bertz CT molecular complexity index is 1380. The monoisotopic (exact) mass is 474 g/mol. The molecule has 5 rings (SSSR count). The number of allylic oxidation sites excluding steroid dienone is 1. The number of aromatic nitrogens is 1. The van der Waals surface area contributed by atoms with E-state index in [9.17, 15) is 9.59 Å². The number of hydrogen-bond donors (Lipinski definition) is 3. The number of rotatable bonds is 6. The molecular weight excluding hydrogens is 444 g/mol. The maximum atomic E-state index is 13.3. The molecule has 2 aromatic heterocycles. The van der Waals surface area contributed by atoms with Crippen LogP contribution in [0.5, 0.6) is 5.75 Å². The lowest BCUT2D eigenvalue weighted by Gasteiger charge is -2.40. The summed E-state index contributed by atoms with van der Waals surface area (Å²) < 4.78 is 11.9. The molecule has 1 saturated carbocycles. The molecule has 1 aliphatic carbocycles. The molecule has 0 unspecified atom stereocenters. The fourth-order valence-electron chi connectivity index (χ4n) is 5.47. The second-order valence-electron chi connectivity index (χ2n) is 9.85. The van der Waals surface area contributed by atoms with Crippen LogP contribution < -0.4 is 10.1 Å². The van der Waals surface area contributed by atoms with E-state index in [2.05, 4.69) is 17.2 Å². The van der Waals surface area contributed by atoms with Gasteiger partial charge in [-0.1, -0.05) is 6.92 Å². The van der Waals surface area contributed by atoms with E-state index in [1.165, 1.54) is 18.9 Å². The second kappa shape index (κ2) is 8.45. The number of nitrogens with one attached hydrogen (secondary N) is 3.